The number of Topliss-reactive ketones (excluding diaryl/α,β-unsaturated/α-hetero) is 1. The molecule has 3 aliphatic carbocycles. The van der Waals surface area contributed by atoms with Crippen LogP contribution >= 0.6 is 0 Å². The molecule has 1 N–H and O–H groups in total. The van der Waals surface area contributed by atoms with E-state index in [0.717, 1.165) is 31.4 Å². The molecule has 0 aromatic rings. The Kier molecular flexibility index (Phi) is 3.97. The maximum Gasteiger partial charge on any atom is 0.226 e. The van der Waals surface area contributed by atoms with Crippen LogP contribution in [0.4, 0.5) is 0 Å². The van der Waals surface area contributed by atoms with Crippen LogP contribution in [-0.2, 0) is 19.1 Å². The lowest BCUT2D eigenvalue weighted by molar-refractivity contribution is -0.213. The largest absolute Gasteiger partial charge is 0.348 e. The standard InChI is InChI=1S/C23H33NO4/c1-13-11-22(3)18(24-20(13)26)8-5-14-15-6-7-17(23(4)27-9-10-28-23)21(15,2)12-16(25)19(14)22/h8,13-15,17,19H,5-7,9-12H2,1-4H3,(H,24,26)/t13-,14?,15?,17-,19?,21-,22-/m0/s1. The van der Waals surface area contributed by atoms with Gasteiger partial charge in [-0.3, -0.25) is 9.59 Å². The van der Waals surface area contributed by atoms with Gasteiger partial charge in [-0.25, -0.2) is 0 Å². The van der Waals surface area contributed by atoms with Crippen molar-refractivity contribution in [2.45, 2.75) is 65.6 Å². The van der Waals surface area contributed by atoms with Gasteiger partial charge in [0, 0.05) is 35.3 Å². The summed E-state index contributed by atoms with van der Waals surface area (Å²) < 4.78 is 12.1. The van der Waals surface area contributed by atoms with Gasteiger partial charge in [-0.2, -0.15) is 0 Å². The molecule has 2 heterocycles. The number of hydrogen-bond donors (Lipinski definition) is 1. The van der Waals surface area contributed by atoms with Crippen molar-refractivity contribution in [2.24, 2.45) is 40.4 Å². The van der Waals surface area contributed by atoms with Crippen molar-refractivity contribution < 1.29 is 19.1 Å². The van der Waals surface area contributed by atoms with E-state index >= 15 is 0 Å². The minimum atomic E-state index is -0.552. The van der Waals surface area contributed by atoms with E-state index in [9.17, 15) is 9.59 Å². The van der Waals surface area contributed by atoms with E-state index in [1.165, 1.54) is 0 Å². The Morgan fingerprint density at radius 3 is 2.54 bits per heavy atom. The Balaban J connectivity index is 1.51. The van der Waals surface area contributed by atoms with Crippen molar-refractivity contribution in [3.63, 3.8) is 0 Å². The Morgan fingerprint density at radius 2 is 1.82 bits per heavy atom. The zero-order valence-corrected chi connectivity index (χ0v) is 17.5. The first-order chi connectivity index (χ1) is 13.2. The molecule has 5 heteroatoms. The van der Waals surface area contributed by atoms with Gasteiger partial charge in [0.15, 0.2) is 5.79 Å². The second-order valence-corrected chi connectivity index (χ2v) is 10.6. The smallest absolute Gasteiger partial charge is 0.226 e. The maximum absolute atomic E-state index is 13.7. The summed E-state index contributed by atoms with van der Waals surface area (Å²) in [6.45, 7) is 9.88. The first-order valence-corrected chi connectivity index (χ1v) is 11.0. The van der Waals surface area contributed by atoms with E-state index in [0.29, 0.717) is 37.3 Å². The highest BCUT2D eigenvalue weighted by molar-refractivity contribution is 5.87. The van der Waals surface area contributed by atoms with Crippen LogP contribution in [0.1, 0.15) is 59.8 Å². The van der Waals surface area contributed by atoms with Gasteiger partial charge in [-0.1, -0.05) is 26.8 Å². The monoisotopic (exact) mass is 387 g/mol. The molecule has 2 saturated carbocycles. The van der Waals surface area contributed by atoms with Crippen molar-refractivity contribution in [1.29, 1.82) is 0 Å². The number of piperidine rings is 1. The van der Waals surface area contributed by atoms with Crippen molar-refractivity contribution in [3.05, 3.63) is 11.8 Å². The lowest BCUT2D eigenvalue weighted by Gasteiger charge is -2.57. The molecular weight excluding hydrogens is 354 g/mol. The molecule has 7 atom stereocenters. The Bertz CT molecular complexity index is 754. The van der Waals surface area contributed by atoms with Gasteiger partial charge in [0.1, 0.15) is 5.78 Å². The number of carbonyl (C=O) groups is 2. The van der Waals surface area contributed by atoms with Crippen LogP contribution in [0, 0.1) is 40.4 Å². The predicted molar refractivity (Wildman–Crippen MR) is 104 cm³/mol. The summed E-state index contributed by atoms with van der Waals surface area (Å²) in [5, 5.41) is 3.12. The van der Waals surface area contributed by atoms with E-state index < -0.39 is 5.79 Å². The predicted octanol–water partition coefficient (Wildman–Crippen LogP) is 3.44. The van der Waals surface area contributed by atoms with Crippen LogP contribution in [0.15, 0.2) is 11.8 Å². The van der Waals surface area contributed by atoms with Crippen LogP contribution in [-0.4, -0.2) is 30.7 Å². The minimum Gasteiger partial charge on any atom is -0.348 e. The van der Waals surface area contributed by atoms with Crippen LogP contribution in [0.25, 0.3) is 0 Å². The molecule has 28 heavy (non-hydrogen) atoms. The fraction of sp³-hybridized carbons (Fsp3) is 0.826. The normalized spacial score (nSPS) is 49.7. The number of allylic oxidation sites excluding steroid dienone is 2. The average molecular weight is 388 g/mol. The number of carbonyl (C=O) groups excluding carboxylic acids is 2. The van der Waals surface area contributed by atoms with E-state index in [1.807, 2.05) is 6.92 Å². The number of hydrogen-bond acceptors (Lipinski definition) is 4. The van der Waals surface area contributed by atoms with E-state index in [1.54, 1.807) is 0 Å². The summed E-state index contributed by atoms with van der Waals surface area (Å²) >= 11 is 0. The van der Waals surface area contributed by atoms with E-state index in [4.69, 9.17) is 9.47 Å². The molecule has 0 bridgehead atoms. The van der Waals surface area contributed by atoms with Crippen molar-refractivity contribution in [3.8, 4) is 0 Å². The fourth-order valence-corrected chi connectivity index (χ4v) is 7.97. The first-order valence-electron chi connectivity index (χ1n) is 11.0. The van der Waals surface area contributed by atoms with Crippen molar-refractivity contribution in [2.75, 3.05) is 13.2 Å². The molecule has 0 spiro atoms. The second-order valence-electron chi connectivity index (χ2n) is 10.6. The summed E-state index contributed by atoms with van der Waals surface area (Å²) in [7, 11) is 0. The summed E-state index contributed by atoms with van der Waals surface area (Å²) in [6.07, 6.45) is 6.70. The second kappa shape index (κ2) is 5.91. The molecule has 0 radical (unpaired) electrons. The zero-order chi connectivity index (χ0) is 19.9. The van der Waals surface area contributed by atoms with Crippen molar-refractivity contribution >= 4 is 11.7 Å². The van der Waals surface area contributed by atoms with E-state index in [2.05, 4.69) is 32.2 Å². The van der Waals surface area contributed by atoms with Crippen LogP contribution < -0.4 is 5.32 Å². The molecule has 2 aliphatic heterocycles. The molecule has 1 amide bonds. The third-order valence-electron chi connectivity index (χ3n) is 9.08. The molecule has 5 rings (SSSR count). The third-order valence-corrected chi connectivity index (χ3v) is 9.08. The molecule has 2 saturated heterocycles. The molecule has 4 fully saturated rings. The number of fused-ring (bicyclic) bond motifs is 5. The van der Waals surface area contributed by atoms with Crippen molar-refractivity contribution in [1.82, 2.24) is 5.32 Å². The number of amides is 1. The van der Waals surface area contributed by atoms with Gasteiger partial charge >= 0.3 is 0 Å². The average Bonchev–Trinajstić information content (AvgIpc) is 3.19. The summed E-state index contributed by atoms with van der Waals surface area (Å²) in [5.74, 6) is 1.03. The number of ether oxygens (including phenoxy) is 2. The lowest BCUT2D eigenvalue weighted by atomic mass is 9.48. The van der Waals surface area contributed by atoms with Gasteiger partial charge in [0.25, 0.3) is 0 Å². The highest BCUT2D eigenvalue weighted by Crippen LogP contribution is 2.66. The number of rotatable bonds is 1. The summed E-state index contributed by atoms with van der Waals surface area (Å²) in [5.41, 5.74) is 0.692. The number of nitrogens with one attached hydrogen (secondary N) is 1. The number of ketones is 1. The molecule has 154 valence electrons. The van der Waals surface area contributed by atoms with E-state index in [-0.39, 0.29) is 34.5 Å². The fourth-order valence-electron chi connectivity index (χ4n) is 7.97. The van der Waals surface area contributed by atoms with Gasteiger partial charge in [0.2, 0.25) is 5.91 Å². The van der Waals surface area contributed by atoms with Crippen LogP contribution in [0.3, 0.4) is 0 Å². The molecular formula is C23H33NO4. The Labute approximate surface area is 167 Å². The van der Waals surface area contributed by atoms with Gasteiger partial charge in [-0.05, 0) is 49.9 Å². The highest BCUT2D eigenvalue weighted by Gasteiger charge is 2.65. The molecule has 5 aliphatic rings. The first kappa shape index (κ1) is 18.8. The topological polar surface area (TPSA) is 64.6 Å². The Hall–Kier alpha value is -1.20. The van der Waals surface area contributed by atoms with Crippen LogP contribution in [0.5, 0.6) is 0 Å². The molecule has 3 unspecified atom stereocenters. The quantitative estimate of drug-likeness (QED) is 0.749. The molecule has 0 aromatic heterocycles. The summed E-state index contributed by atoms with van der Waals surface area (Å²) in [6, 6.07) is 0. The lowest BCUT2D eigenvalue weighted by Crippen LogP contribution is -2.59. The van der Waals surface area contributed by atoms with Crippen LogP contribution in [0.2, 0.25) is 0 Å². The van der Waals surface area contributed by atoms with Gasteiger partial charge in [-0.15, -0.1) is 0 Å². The highest BCUT2D eigenvalue weighted by atomic mass is 16.7. The molecule has 0 aromatic carbocycles. The third kappa shape index (κ3) is 2.32. The molecule has 5 nitrogen and oxygen atoms in total. The van der Waals surface area contributed by atoms with Gasteiger partial charge < -0.3 is 14.8 Å². The minimum absolute atomic E-state index is 0.0191. The Morgan fingerprint density at radius 1 is 1.11 bits per heavy atom. The summed E-state index contributed by atoms with van der Waals surface area (Å²) in [4.78, 5) is 25.9. The SMILES string of the molecule is C[C@H]1C[C@@]2(C)C(=CCC3C2C(=O)C[C@@]2(C)C3CC[C@@H]2C2(C)OCCO2)NC1=O. The maximum atomic E-state index is 13.7. The zero-order valence-electron chi connectivity index (χ0n) is 17.5. The van der Waals surface area contributed by atoms with Gasteiger partial charge in [0.05, 0.1) is 13.2 Å².